The molecule has 0 bridgehead atoms. The third-order valence-electron chi connectivity index (χ3n) is 3.23. The molecule has 0 saturated carbocycles. The zero-order valence-electron chi connectivity index (χ0n) is 13.1. The van der Waals surface area contributed by atoms with Crippen LogP contribution in [-0.4, -0.2) is 33.0 Å². The van der Waals surface area contributed by atoms with Crippen LogP contribution in [0.2, 0.25) is 0 Å². The minimum Gasteiger partial charge on any atom is -0.313 e. The number of hydrogen-bond acceptors (Lipinski definition) is 4. The second kappa shape index (κ2) is 9.46. The maximum Gasteiger partial charge on any atom is 0.215 e. The predicted molar refractivity (Wildman–Crippen MR) is 92.0 cm³/mol. The Bertz CT molecular complexity index is 501. The van der Waals surface area contributed by atoms with Crippen molar-refractivity contribution >= 4 is 21.8 Å². The van der Waals surface area contributed by atoms with E-state index in [2.05, 4.69) is 23.9 Å². The smallest absolute Gasteiger partial charge is 0.215 e. The Morgan fingerprint density at radius 1 is 1.19 bits per heavy atom. The van der Waals surface area contributed by atoms with Gasteiger partial charge in [0.05, 0.1) is 5.75 Å². The molecule has 4 nitrogen and oxygen atoms in total. The Kier molecular flexibility index (Phi) is 8.33. The molecule has 120 valence electrons. The Hall–Kier alpha value is -0.560. The summed E-state index contributed by atoms with van der Waals surface area (Å²) in [5, 5.41) is 3.71. The highest BCUT2D eigenvalue weighted by molar-refractivity contribution is 7.99. The van der Waals surface area contributed by atoms with Gasteiger partial charge in [0.2, 0.25) is 10.0 Å². The highest BCUT2D eigenvalue weighted by Crippen LogP contribution is 2.10. The Morgan fingerprint density at radius 2 is 1.81 bits per heavy atom. The van der Waals surface area contributed by atoms with E-state index in [1.807, 2.05) is 30.5 Å². The summed E-state index contributed by atoms with van der Waals surface area (Å²) >= 11 is 1.75. The fourth-order valence-corrected chi connectivity index (χ4v) is 3.34. The zero-order chi connectivity index (χ0) is 15.7. The largest absolute Gasteiger partial charge is 0.313 e. The topological polar surface area (TPSA) is 58.2 Å². The van der Waals surface area contributed by atoms with Crippen molar-refractivity contribution in [3.05, 3.63) is 35.4 Å². The summed E-state index contributed by atoms with van der Waals surface area (Å²) in [7, 11) is -3.24. The van der Waals surface area contributed by atoms with Gasteiger partial charge in [-0.15, -0.1) is 0 Å². The number of sulfonamides is 1. The Morgan fingerprint density at radius 3 is 2.38 bits per heavy atom. The van der Waals surface area contributed by atoms with E-state index in [1.165, 1.54) is 5.56 Å². The van der Waals surface area contributed by atoms with Crippen molar-refractivity contribution in [1.29, 1.82) is 0 Å². The van der Waals surface area contributed by atoms with Crippen molar-refractivity contribution in [2.75, 3.05) is 19.3 Å². The van der Waals surface area contributed by atoms with E-state index in [4.69, 9.17) is 0 Å². The lowest BCUT2D eigenvalue weighted by Crippen LogP contribution is -2.27. The van der Waals surface area contributed by atoms with Gasteiger partial charge in [-0.05, 0) is 30.3 Å². The van der Waals surface area contributed by atoms with Gasteiger partial charge in [0.25, 0.3) is 0 Å². The van der Waals surface area contributed by atoms with Gasteiger partial charge in [-0.2, -0.15) is 11.8 Å². The number of hydrogen-bond donors (Lipinski definition) is 2. The molecule has 0 saturated heterocycles. The molecule has 0 aliphatic rings. The van der Waals surface area contributed by atoms with Gasteiger partial charge < -0.3 is 5.32 Å². The second-order valence-corrected chi connectivity index (χ2v) is 8.17. The number of thioether (sulfide) groups is 1. The van der Waals surface area contributed by atoms with Crippen LogP contribution in [-0.2, 0) is 22.3 Å². The molecule has 1 atom stereocenters. The molecule has 1 rings (SSSR count). The summed E-state index contributed by atoms with van der Waals surface area (Å²) in [6, 6.07) is 7.72. The van der Waals surface area contributed by atoms with Crippen LogP contribution >= 0.6 is 11.8 Å². The van der Waals surface area contributed by atoms with E-state index >= 15 is 0 Å². The normalized spacial score (nSPS) is 13.3. The second-order valence-electron chi connectivity index (χ2n) is 5.09. The maximum absolute atomic E-state index is 12.0. The van der Waals surface area contributed by atoms with Crippen molar-refractivity contribution in [2.45, 2.75) is 37.8 Å². The van der Waals surface area contributed by atoms with Crippen LogP contribution in [0.5, 0.6) is 0 Å². The monoisotopic (exact) mass is 330 g/mol. The molecule has 1 unspecified atom stereocenters. The van der Waals surface area contributed by atoms with E-state index in [9.17, 15) is 8.42 Å². The standard InChI is InChI=1S/C15H26N2O2S2/c1-4-16-11-14-5-7-15(8-6-14)12-21(18,19)17-10-9-13(2)20-3/h5-8,13,16-17H,4,9-12H2,1-3H3. The van der Waals surface area contributed by atoms with Crippen LogP contribution in [0, 0.1) is 0 Å². The van der Waals surface area contributed by atoms with Gasteiger partial charge in [0.15, 0.2) is 0 Å². The first-order chi connectivity index (χ1) is 9.96. The fourth-order valence-electron chi connectivity index (χ4n) is 1.83. The lowest BCUT2D eigenvalue weighted by atomic mass is 10.1. The molecule has 21 heavy (non-hydrogen) atoms. The molecular formula is C15H26N2O2S2. The van der Waals surface area contributed by atoms with Crippen LogP contribution < -0.4 is 10.0 Å². The average Bonchev–Trinajstić information content (AvgIpc) is 2.45. The van der Waals surface area contributed by atoms with Gasteiger partial charge in [0.1, 0.15) is 0 Å². The van der Waals surface area contributed by atoms with Crippen LogP contribution in [0.1, 0.15) is 31.4 Å². The van der Waals surface area contributed by atoms with Gasteiger partial charge in [-0.1, -0.05) is 38.1 Å². The number of nitrogens with one attached hydrogen (secondary N) is 2. The van der Waals surface area contributed by atoms with E-state index < -0.39 is 10.0 Å². The molecule has 1 aromatic rings. The highest BCUT2D eigenvalue weighted by atomic mass is 32.2. The van der Waals surface area contributed by atoms with Crippen LogP contribution in [0.25, 0.3) is 0 Å². The zero-order valence-corrected chi connectivity index (χ0v) is 14.7. The summed E-state index contributed by atoms with van der Waals surface area (Å²) < 4.78 is 26.7. The SMILES string of the molecule is CCNCc1ccc(CS(=O)(=O)NCCC(C)SC)cc1. The molecular weight excluding hydrogens is 304 g/mol. The quantitative estimate of drug-likeness (QED) is 0.691. The summed E-state index contributed by atoms with van der Waals surface area (Å²) in [5.74, 6) is 0.0438. The molecule has 2 N–H and O–H groups in total. The third-order valence-corrected chi connectivity index (χ3v) is 5.63. The molecule has 0 fully saturated rings. The molecule has 0 aliphatic heterocycles. The lowest BCUT2D eigenvalue weighted by Gasteiger charge is -2.10. The highest BCUT2D eigenvalue weighted by Gasteiger charge is 2.11. The molecule has 6 heteroatoms. The predicted octanol–water partition coefficient (Wildman–Crippen LogP) is 2.36. The van der Waals surface area contributed by atoms with E-state index in [0.717, 1.165) is 25.1 Å². The molecule has 0 aromatic heterocycles. The molecule has 0 amide bonds. The van der Waals surface area contributed by atoms with Crippen molar-refractivity contribution in [3.63, 3.8) is 0 Å². The summed E-state index contributed by atoms with van der Waals surface area (Å²) in [4.78, 5) is 0. The number of benzene rings is 1. The minimum absolute atomic E-state index is 0.0438. The van der Waals surface area contributed by atoms with Gasteiger partial charge in [-0.3, -0.25) is 0 Å². The van der Waals surface area contributed by atoms with Gasteiger partial charge >= 0.3 is 0 Å². The first kappa shape index (κ1) is 18.5. The van der Waals surface area contributed by atoms with E-state index in [1.54, 1.807) is 11.8 Å². The lowest BCUT2D eigenvalue weighted by molar-refractivity contribution is 0.578. The first-order valence-corrected chi connectivity index (χ1v) is 10.2. The minimum atomic E-state index is -3.24. The first-order valence-electron chi connectivity index (χ1n) is 7.25. The van der Waals surface area contributed by atoms with E-state index in [0.29, 0.717) is 11.8 Å². The van der Waals surface area contributed by atoms with Crippen molar-refractivity contribution < 1.29 is 8.42 Å². The van der Waals surface area contributed by atoms with Crippen LogP contribution in [0.4, 0.5) is 0 Å². The van der Waals surface area contributed by atoms with Gasteiger partial charge in [0, 0.05) is 18.3 Å². The molecule has 1 aromatic carbocycles. The average molecular weight is 331 g/mol. The summed E-state index contributed by atoms with van der Waals surface area (Å²) in [5.41, 5.74) is 1.99. The van der Waals surface area contributed by atoms with E-state index in [-0.39, 0.29) is 5.75 Å². The number of rotatable bonds is 10. The van der Waals surface area contributed by atoms with Gasteiger partial charge in [-0.25, -0.2) is 13.1 Å². The molecule has 0 heterocycles. The van der Waals surface area contributed by atoms with Crippen LogP contribution in [0.3, 0.4) is 0 Å². The summed E-state index contributed by atoms with van der Waals surface area (Å²) in [6.07, 6.45) is 2.89. The fraction of sp³-hybridized carbons (Fsp3) is 0.600. The third kappa shape index (κ3) is 7.85. The van der Waals surface area contributed by atoms with Crippen molar-refractivity contribution in [2.24, 2.45) is 0 Å². The van der Waals surface area contributed by atoms with Crippen molar-refractivity contribution in [1.82, 2.24) is 10.0 Å². The molecule has 0 spiro atoms. The molecule has 0 radical (unpaired) electrons. The van der Waals surface area contributed by atoms with Crippen LogP contribution in [0.15, 0.2) is 24.3 Å². The van der Waals surface area contributed by atoms with Crippen molar-refractivity contribution in [3.8, 4) is 0 Å². The summed E-state index contributed by atoms with van der Waals surface area (Å²) in [6.45, 7) is 6.40. The maximum atomic E-state index is 12.0. The molecule has 0 aliphatic carbocycles. The Balaban J connectivity index is 2.47. The Labute approximate surface area is 133 Å².